The minimum atomic E-state index is -3.36. The highest BCUT2D eigenvalue weighted by molar-refractivity contribution is 7.91. The largest absolute Gasteiger partial charge is 0.508 e. The lowest BCUT2D eigenvalue weighted by Crippen LogP contribution is -2.19. The van der Waals surface area contributed by atoms with Crippen LogP contribution in [0.3, 0.4) is 0 Å². The number of rotatable bonds is 4. The number of fused-ring (bicyclic) bond motifs is 1. The van der Waals surface area contributed by atoms with Crippen molar-refractivity contribution in [2.24, 2.45) is 5.92 Å². The zero-order chi connectivity index (χ0) is 19.0. The van der Waals surface area contributed by atoms with Gasteiger partial charge < -0.3 is 5.11 Å². The van der Waals surface area contributed by atoms with Crippen LogP contribution in [0.15, 0.2) is 35.5 Å². The van der Waals surface area contributed by atoms with E-state index >= 15 is 0 Å². The zero-order valence-corrected chi connectivity index (χ0v) is 16.8. The molecule has 4 rings (SSSR count). The second-order valence-electron chi connectivity index (χ2n) is 7.79. The summed E-state index contributed by atoms with van der Waals surface area (Å²) in [6, 6.07) is 5.06. The van der Waals surface area contributed by atoms with Crippen LogP contribution >= 0.6 is 11.6 Å². The number of phenolic OH excluding ortho intramolecular Hbond substituents is 1. The Bertz CT molecular complexity index is 952. The standard InChI is InChI=1S/C21H24ClNO3S/c22-19-8-9-20(24)21-17(6-7-18(19)21)15-10-16(12-23-11-15)27(25,26)13-14-4-2-1-3-5-14/h8-12,14,17,24H,1-7,13H2. The molecular formula is C21H24ClNO3S. The van der Waals surface area contributed by atoms with Gasteiger partial charge in [0.25, 0.3) is 0 Å². The number of hydrogen-bond donors (Lipinski definition) is 1. The predicted molar refractivity (Wildman–Crippen MR) is 106 cm³/mol. The highest BCUT2D eigenvalue weighted by Crippen LogP contribution is 2.45. The third-order valence-electron chi connectivity index (χ3n) is 5.98. The van der Waals surface area contributed by atoms with Gasteiger partial charge in [-0.2, -0.15) is 0 Å². The maximum absolute atomic E-state index is 12.9. The van der Waals surface area contributed by atoms with Crippen molar-refractivity contribution < 1.29 is 13.5 Å². The highest BCUT2D eigenvalue weighted by Gasteiger charge is 2.30. The van der Waals surface area contributed by atoms with Crippen molar-refractivity contribution in [3.8, 4) is 5.75 Å². The summed E-state index contributed by atoms with van der Waals surface area (Å²) in [6.45, 7) is 0. The molecule has 1 atom stereocenters. The molecule has 1 N–H and O–H groups in total. The summed E-state index contributed by atoms with van der Waals surface area (Å²) in [7, 11) is -3.36. The van der Waals surface area contributed by atoms with E-state index in [9.17, 15) is 13.5 Å². The van der Waals surface area contributed by atoms with Crippen LogP contribution in [-0.4, -0.2) is 24.3 Å². The van der Waals surface area contributed by atoms with Crippen LogP contribution in [-0.2, 0) is 16.3 Å². The average Bonchev–Trinajstić information content (AvgIpc) is 3.12. The number of hydrogen-bond acceptors (Lipinski definition) is 4. The van der Waals surface area contributed by atoms with Crippen LogP contribution in [0.2, 0.25) is 5.02 Å². The Kier molecular flexibility index (Phi) is 5.17. The molecule has 1 saturated carbocycles. The number of benzene rings is 1. The highest BCUT2D eigenvalue weighted by atomic mass is 35.5. The smallest absolute Gasteiger partial charge is 0.180 e. The van der Waals surface area contributed by atoms with Gasteiger partial charge in [0.1, 0.15) is 5.75 Å². The van der Waals surface area contributed by atoms with Gasteiger partial charge >= 0.3 is 0 Å². The maximum Gasteiger partial charge on any atom is 0.180 e. The molecule has 0 spiro atoms. The van der Waals surface area contributed by atoms with Crippen LogP contribution in [0.1, 0.15) is 61.1 Å². The molecular weight excluding hydrogens is 382 g/mol. The SMILES string of the molecule is O=S(=O)(CC1CCCCC1)c1cncc(C2CCc3c(Cl)ccc(O)c32)c1. The van der Waals surface area contributed by atoms with Crippen molar-refractivity contribution in [1.29, 1.82) is 0 Å². The number of aromatic nitrogens is 1. The normalized spacial score (nSPS) is 20.6. The van der Waals surface area contributed by atoms with E-state index in [-0.39, 0.29) is 23.3 Å². The minimum Gasteiger partial charge on any atom is -0.508 e. The van der Waals surface area contributed by atoms with Gasteiger partial charge in [0.05, 0.1) is 10.6 Å². The molecule has 1 aromatic carbocycles. The minimum absolute atomic E-state index is 0.0731. The third-order valence-corrected chi connectivity index (χ3v) is 8.19. The molecule has 1 heterocycles. The van der Waals surface area contributed by atoms with Crippen molar-refractivity contribution in [1.82, 2.24) is 4.98 Å². The lowest BCUT2D eigenvalue weighted by atomic mass is 9.91. The Morgan fingerprint density at radius 1 is 1.11 bits per heavy atom. The third kappa shape index (κ3) is 3.72. The van der Waals surface area contributed by atoms with Crippen LogP contribution in [0.5, 0.6) is 5.75 Å². The molecule has 144 valence electrons. The summed E-state index contributed by atoms with van der Waals surface area (Å²) in [4.78, 5) is 4.51. The fourth-order valence-corrected chi connectivity index (χ4v) is 6.53. The molecule has 1 aromatic heterocycles. The summed E-state index contributed by atoms with van der Waals surface area (Å²) in [5, 5.41) is 11.0. The molecule has 4 nitrogen and oxygen atoms in total. The van der Waals surface area contributed by atoms with Crippen molar-refractivity contribution in [3.05, 3.63) is 52.3 Å². The van der Waals surface area contributed by atoms with E-state index in [4.69, 9.17) is 11.6 Å². The monoisotopic (exact) mass is 405 g/mol. The Hall–Kier alpha value is -1.59. The molecule has 6 heteroatoms. The number of aromatic hydroxyl groups is 1. The Balaban J connectivity index is 1.64. The fourth-order valence-electron chi connectivity index (χ4n) is 4.59. The average molecular weight is 406 g/mol. The first-order valence-corrected chi connectivity index (χ1v) is 11.7. The molecule has 0 aliphatic heterocycles. The molecule has 2 aliphatic rings. The van der Waals surface area contributed by atoms with E-state index in [1.165, 1.54) is 12.6 Å². The van der Waals surface area contributed by atoms with E-state index in [1.54, 1.807) is 24.4 Å². The molecule has 1 unspecified atom stereocenters. The lowest BCUT2D eigenvalue weighted by Gasteiger charge is -2.21. The van der Waals surface area contributed by atoms with Gasteiger partial charge in [0, 0.05) is 28.9 Å². The predicted octanol–water partition coefficient (Wildman–Crippen LogP) is 4.87. The number of halogens is 1. The summed E-state index contributed by atoms with van der Waals surface area (Å²) in [5.74, 6) is 0.599. The Morgan fingerprint density at radius 2 is 1.89 bits per heavy atom. The van der Waals surface area contributed by atoms with E-state index in [0.29, 0.717) is 9.92 Å². The number of nitrogens with zero attached hydrogens (tertiary/aromatic N) is 1. The van der Waals surface area contributed by atoms with Crippen molar-refractivity contribution in [2.75, 3.05) is 5.75 Å². The number of sulfone groups is 1. The van der Waals surface area contributed by atoms with Crippen molar-refractivity contribution in [2.45, 2.75) is 55.8 Å². The Labute approximate surface area is 165 Å². The summed E-state index contributed by atoms with van der Waals surface area (Å²) in [6.07, 6.45) is 10.2. The van der Waals surface area contributed by atoms with Crippen LogP contribution in [0, 0.1) is 5.92 Å². The molecule has 0 bridgehead atoms. The second kappa shape index (κ2) is 7.44. The molecule has 0 saturated heterocycles. The molecule has 1 fully saturated rings. The van der Waals surface area contributed by atoms with E-state index in [2.05, 4.69) is 4.98 Å². The maximum atomic E-state index is 12.9. The number of phenols is 1. The van der Waals surface area contributed by atoms with Crippen LogP contribution < -0.4 is 0 Å². The first kappa shape index (κ1) is 18.8. The molecule has 0 amide bonds. The van der Waals surface area contributed by atoms with Crippen LogP contribution in [0.4, 0.5) is 0 Å². The summed E-state index contributed by atoms with van der Waals surface area (Å²) >= 11 is 6.28. The summed E-state index contributed by atoms with van der Waals surface area (Å²) < 4.78 is 25.8. The van der Waals surface area contributed by atoms with Crippen LogP contribution in [0.25, 0.3) is 0 Å². The number of pyridine rings is 1. The quantitative estimate of drug-likeness (QED) is 0.787. The first-order chi connectivity index (χ1) is 13.0. The van der Waals surface area contributed by atoms with Gasteiger partial charge in [-0.15, -0.1) is 0 Å². The van der Waals surface area contributed by atoms with Gasteiger partial charge in [0.2, 0.25) is 0 Å². The van der Waals surface area contributed by atoms with Gasteiger partial charge in [-0.05, 0) is 60.9 Å². The van der Waals surface area contributed by atoms with E-state index in [0.717, 1.165) is 55.2 Å². The fraction of sp³-hybridized carbons (Fsp3) is 0.476. The van der Waals surface area contributed by atoms with Gasteiger partial charge in [-0.25, -0.2) is 8.42 Å². The molecule has 27 heavy (non-hydrogen) atoms. The first-order valence-electron chi connectivity index (χ1n) is 9.63. The summed E-state index contributed by atoms with van der Waals surface area (Å²) in [5.41, 5.74) is 2.60. The molecule has 0 radical (unpaired) electrons. The van der Waals surface area contributed by atoms with E-state index < -0.39 is 9.84 Å². The van der Waals surface area contributed by atoms with Gasteiger partial charge in [0.15, 0.2) is 9.84 Å². The second-order valence-corrected chi connectivity index (χ2v) is 10.2. The Morgan fingerprint density at radius 3 is 2.67 bits per heavy atom. The lowest BCUT2D eigenvalue weighted by molar-refractivity contribution is 0.385. The van der Waals surface area contributed by atoms with E-state index in [1.807, 2.05) is 0 Å². The van der Waals surface area contributed by atoms with Gasteiger partial charge in [-0.1, -0.05) is 30.9 Å². The van der Waals surface area contributed by atoms with Gasteiger partial charge in [-0.3, -0.25) is 4.98 Å². The molecule has 2 aliphatic carbocycles. The van der Waals surface area contributed by atoms with Crippen molar-refractivity contribution in [3.63, 3.8) is 0 Å². The van der Waals surface area contributed by atoms with Crippen molar-refractivity contribution >= 4 is 21.4 Å². The molecule has 2 aromatic rings. The topological polar surface area (TPSA) is 67.3 Å². The zero-order valence-electron chi connectivity index (χ0n) is 15.2.